The van der Waals surface area contributed by atoms with Crippen LogP contribution < -0.4 is 4.74 Å². The summed E-state index contributed by atoms with van der Waals surface area (Å²) in [7, 11) is 0. The summed E-state index contributed by atoms with van der Waals surface area (Å²) < 4.78 is 11.8. The molecule has 2 saturated heterocycles. The standard InChI is InChI=1S/C23H29N3O3/c1-17-15-21(25-18(2)24-17)29-20-9-6-12-26(16-20)22(27)23(10-13-28-14-11-23)19-7-4-3-5-8-19/h3-5,7-8,15,20H,6,9-14,16H2,1-2H3. The zero-order valence-electron chi connectivity index (χ0n) is 17.3. The highest BCUT2D eigenvalue weighted by Gasteiger charge is 2.45. The Labute approximate surface area is 172 Å². The molecule has 1 unspecified atom stereocenters. The number of hydrogen-bond donors (Lipinski definition) is 0. The number of carbonyl (C=O) groups is 1. The summed E-state index contributed by atoms with van der Waals surface area (Å²) in [6.45, 7) is 6.41. The Morgan fingerprint density at radius 1 is 1.17 bits per heavy atom. The van der Waals surface area contributed by atoms with E-state index in [1.165, 1.54) is 0 Å². The van der Waals surface area contributed by atoms with Crippen molar-refractivity contribution in [2.75, 3.05) is 26.3 Å². The lowest BCUT2D eigenvalue weighted by atomic mass is 9.72. The number of hydrogen-bond acceptors (Lipinski definition) is 5. The van der Waals surface area contributed by atoms with Crippen LogP contribution in [0.15, 0.2) is 36.4 Å². The summed E-state index contributed by atoms with van der Waals surface area (Å²) in [5.41, 5.74) is 1.49. The number of nitrogens with zero attached hydrogens (tertiary/aromatic N) is 3. The van der Waals surface area contributed by atoms with Crippen LogP contribution in [0.25, 0.3) is 0 Å². The minimum absolute atomic E-state index is 0.0472. The summed E-state index contributed by atoms with van der Waals surface area (Å²) in [4.78, 5) is 24.5. The second kappa shape index (κ2) is 8.49. The number of aryl methyl sites for hydroxylation is 2. The Balaban J connectivity index is 1.52. The minimum atomic E-state index is -0.497. The van der Waals surface area contributed by atoms with Crippen molar-refractivity contribution in [1.82, 2.24) is 14.9 Å². The molecule has 2 aromatic rings. The molecule has 1 amide bonds. The van der Waals surface area contributed by atoms with Crippen molar-refractivity contribution in [3.63, 3.8) is 0 Å². The van der Waals surface area contributed by atoms with Crippen molar-refractivity contribution < 1.29 is 14.3 Å². The lowest BCUT2D eigenvalue weighted by Crippen LogP contribution is -2.54. The van der Waals surface area contributed by atoms with Gasteiger partial charge in [-0.2, -0.15) is 4.98 Å². The molecular formula is C23H29N3O3. The van der Waals surface area contributed by atoms with Gasteiger partial charge in [-0.25, -0.2) is 4.98 Å². The molecule has 2 aliphatic rings. The molecule has 0 saturated carbocycles. The van der Waals surface area contributed by atoms with Gasteiger partial charge in [0.25, 0.3) is 0 Å². The lowest BCUT2D eigenvalue weighted by Gasteiger charge is -2.42. The van der Waals surface area contributed by atoms with E-state index in [1.54, 1.807) is 0 Å². The van der Waals surface area contributed by atoms with Gasteiger partial charge >= 0.3 is 0 Å². The SMILES string of the molecule is Cc1cc(OC2CCCN(C(=O)C3(c4ccccc4)CCOCC3)C2)nc(C)n1. The van der Waals surface area contributed by atoms with Crippen molar-refractivity contribution in [2.45, 2.75) is 51.0 Å². The van der Waals surface area contributed by atoms with E-state index in [-0.39, 0.29) is 12.0 Å². The van der Waals surface area contributed by atoms with Gasteiger partial charge in [0.2, 0.25) is 11.8 Å². The van der Waals surface area contributed by atoms with Gasteiger partial charge in [-0.05, 0) is 45.1 Å². The van der Waals surface area contributed by atoms with Crippen LogP contribution in [0.2, 0.25) is 0 Å². The van der Waals surface area contributed by atoms with Crippen molar-refractivity contribution >= 4 is 5.91 Å². The summed E-state index contributed by atoms with van der Waals surface area (Å²) >= 11 is 0. The predicted octanol–water partition coefficient (Wildman–Crippen LogP) is 3.21. The lowest BCUT2D eigenvalue weighted by molar-refractivity contribution is -0.144. The van der Waals surface area contributed by atoms with Gasteiger partial charge in [0, 0.05) is 31.5 Å². The second-order valence-corrected chi connectivity index (χ2v) is 8.09. The van der Waals surface area contributed by atoms with Crippen LogP contribution in [0, 0.1) is 13.8 Å². The van der Waals surface area contributed by atoms with E-state index in [0.717, 1.165) is 43.5 Å². The van der Waals surface area contributed by atoms with Crippen LogP contribution in [0.1, 0.15) is 42.8 Å². The van der Waals surface area contributed by atoms with Gasteiger partial charge in [0.15, 0.2) is 0 Å². The summed E-state index contributed by atoms with van der Waals surface area (Å²) in [6.07, 6.45) is 3.26. The normalized spacial score (nSPS) is 21.6. The third-order valence-electron chi connectivity index (χ3n) is 5.98. The fourth-order valence-electron chi connectivity index (χ4n) is 4.54. The molecule has 154 valence electrons. The van der Waals surface area contributed by atoms with E-state index >= 15 is 0 Å². The average Bonchev–Trinajstić information content (AvgIpc) is 2.74. The molecule has 4 rings (SSSR count). The number of piperidine rings is 1. The number of amides is 1. The number of benzene rings is 1. The second-order valence-electron chi connectivity index (χ2n) is 8.09. The maximum atomic E-state index is 13.8. The molecule has 6 heteroatoms. The number of aromatic nitrogens is 2. The summed E-state index contributed by atoms with van der Waals surface area (Å²) in [5, 5.41) is 0. The van der Waals surface area contributed by atoms with Crippen LogP contribution in [0.4, 0.5) is 0 Å². The zero-order chi connectivity index (χ0) is 20.3. The Morgan fingerprint density at radius 2 is 1.93 bits per heavy atom. The average molecular weight is 396 g/mol. The van der Waals surface area contributed by atoms with Gasteiger partial charge < -0.3 is 14.4 Å². The fraction of sp³-hybridized carbons (Fsp3) is 0.522. The number of rotatable bonds is 4. The first kappa shape index (κ1) is 19.8. The maximum Gasteiger partial charge on any atom is 0.233 e. The van der Waals surface area contributed by atoms with Gasteiger partial charge in [0.1, 0.15) is 11.9 Å². The summed E-state index contributed by atoms with van der Waals surface area (Å²) in [6, 6.07) is 12.0. The molecule has 29 heavy (non-hydrogen) atoms. The third kappa shape index (κ3) is 4.27. The smallest absolute Gasteiger partial charge is 0.233 e. The Kier molecular flexibility index (Phi) is 5.81. The van der Waals surface area contributed by atoms with Crippen molar-refractivity contribution in [3.8, 4) is 5.88 Å². The zero-order valence-corrected chi connectivity index (χ0v) is 17.3. The number of ether oxygens (including phenoxy) is 2. The third-order valence-corrected chi connectivity index (χ3v) is 5.98. The van der Waals surface area contributed by atoms with E-state index in [2.05, 4.69) is 22.1 Å². The van der Waals surface area contributed by atoms with Crippen LogP contribution >= 0.6 is 0 Å². The van der Waals surface area contributed by atoms with Gasteiger partial charge in [0.05, 0.1) is 12.0 Å². The number of likely N-dealkylation sites (tertiary alicyclic amines) is 1. The topological polar surface area (TPSA) is 64.5 Å². The van der Waals surface area contributed by atoms with Crippen LogP contribution in [0.3, 0.4) is 0 Å². The van der Waals surface area contributed by atoms with Crippen molar-refractivity contribution in [3.05, 3.63) is 53.5 Å². The highest BCUT2D eigenvalue weighted by atomic mass is 16.5. The Morgan fingerprint density at radius 3 is 2.66 bits per heavy atom. The molecule has 1 aromatic heterocycles. The molecular weight excluding hydrogens is 366 g/mol. The highest BCUT2D eigenvalue weighted by molar-refractivity contribution is 5.88. The van der Waals surface area contributed by atoms with Crippen molar-refractivity contribution in [2.24, 2.45) is 0 Å². The first-order valence-corrected chi connectivity index (χ1v) is 10.5. The van der Waals surface area contributed by atoms with E-state index in [1.807, 2.05) is 43.0 Å². The van der Waals surface area contributed by atoms with E-state index in [4.69, 9.17) is 9.47 Å². The minimum Gasteiger partial charge on any atom is -0.472 e. The molecule has 0 spiro atoms. The molecule has 1 atom stereocenters. The molecule has 3 heterocycles. The summed E-state index contributed by atoms with van der Waals surface area (Å²) in [5.74, 6) is 1.50. The molecule has 2 aliphatic heterocycles. The van der Waals surface area contributed by atoms with E-state index in [0.29, 0.717) is 31.5 Å². The van der Waals surface area contributed by atoms with Crippen LogP contribution in [0.5, 0.6) is 5.88 Å². The van der Waals surface area contributed by atoms with E-state index < -0.39 is 5.41 Å². The quantitative estimate of drug-likeness (QED) is 0.795. The molecule has 0 radical (unpaired) electrons. The van der Waals surface area contributed by atoms with Crippen molar-refractivity contribution in [1.29, 1.82) is 0 Å². The van der Waals surface area contributed by atoms with Gasteiger partial charge in [-0.1, -0.05) is 30.3 Å². The molecule has 0 N–H and O–H groups in total. The first-order chi connectivity index (χ1) is 14.1. The Hall–Kier alpha value is -2.47. The maximum absolute atomic E-state index is 13.8. The molecule has 0 bridgehead atoms. The predicted molar refractivity (Wildman–Crippen MR) is 110 cm³/mol. The number of carbonyl (C=O) groups excluding carboxylic acids is 1. The molecule has 6 nitrogen and oxygen atoms in total. The Bertz CT molecular complexity index is 829. The molecule has 0 aliphatic carbocycles. The largest absolute Gasteiger partial charge is 0.472 e. The fourth-order valence-corrected chi connectivity index (χ4v) is 4.54. The molecule has 2 fully saturated rings. The van der Waals surface area contributed by atoms with Gasteiger partial charge in [-0.15, -0.1) is 0 Å². The molecule has 1 aromatic carbocycles. The van der Waals surface area contributed by atoms with Crippen LogP contribution in [-0.4, -0.2) is 53.2 Å². The van der Waals surface area contributed by atoms with Gasteiger partial charge in [-0.3, -0.25) is 4.79 Å². The highest BCUT2D eigenvalue weighted by Crippen LogP contribution is 2.37. The van der Waals surface area contributed by atoms with E-state index in [9.17, 15) is 4.79 Å². The monoisotopic (exact) mass is 395 g/mol. The first-order valence-electron chi connectivity index (χ1n) is 10.5. The van der Waals surface area contributed by atoms with Crippen LogP contribution in [-0.2, 0) is 14.9 Å².